The molecule has 1 N–H and O–H groups in total. The zero-order chi connectivity index (χ0) is 20.5. The van der Waals surface area contributed by atoms with E-state index in [0.29, 0.717) is 29.9 Å². The van der Waals surface area contributed by atoms with Gasteiger partial charge in [0.1, 0.15) is 0 Å². The smallest absolute Gasteiger partial charge is 0.262 e. The molecule has 0 saturated heterocycles. The number of fused-ring (bicyclic) bond motifs is 3. The summed E-state index contributed by atoms with van der Waals surface area (Å²) in [5.41, 5.74) is 4.25. The van der Waals surface area contributed by atoms with Gasteiger partial charge in [0.25, 0.3) is 5.56 Å². The standard InChI is InChI=1S/C25H21N3O2/c1-2-28-20-11-7-6-10-19(20)23-22(25(28)29)21(18-12-14-26-15-13-18)24(30-23)27-16-17-8-4-3-5-9-17/h3-15,27H,2,16H2,1H3. The van der Waals surface area contributed by atoms with Gasteiger partial charge in [0, 0.05) is 30.9 Å². The molecule has 0 radical (unpaired) electrons. The predicted octanol–water partition coefficient (Wildman–Crippen LogP) is 5.44. The summed E-state index contributed by atoms with van der Waals surface area (Å²) in [6, 6.07) is 21.8. The topological polar surface area (TPSA) is 60.1 Å². The van der Waals surface area contributed by atoms with Gasteiger partial charge in [-0.3, -0.25) is 9.78 Å². The van der Waals surface area contributed by atoms with Crippen LogP contribution in [0, 0.1) is 0 Å². The average Bonchev–Trinajstić information content (AvgIpc) is 3.19. The summed E-state index contributed by atoms with van der Waals surface area (Å²) in [6.07, 6.45) is 3.46. The van der Waals surface area contributed by atoms with Crippen LogP contribution in [-0.4, -0.2) is 9.55 Å². The van der Waals surface area contributed by atoms with Crippen LogP contribution in [0.15, 0.2) is 88.3 Å². The van der Waals surface area contributed by atoms with E-state index in [9.17, 15) is 4.79 Å². The number of furan rings is 1. The van der Waals surface area contributed by atoms with Crippen LogP contribution in [0.3, 0.4) is 0 Å². The lowest BCUT2D eigenvalue weighted by Crippen LogP contribution is -2.19. The summed E-state index contributed by atoms with van der Waals surface area (Å²) in [5.74, 6) is 0.594. The number of anilines is 1. The van der Waals surface area contributed by atoms with Gasteiger partial charge in [-0.2, -0.15) is 0 Å². The van der Waals surface area contributed by atoms with Gasteiger partial charge in [-0.15, -0.1) is 0 Å². The maximum Gasteiger partial charge on any atom is 0.262 e. The second kappa shape index (κ2) is 7.52. The highest BCUT2D eigenvalue weighted by Gasteiger charge is 2.22. The average molecular weight is 395 g/mol. The quantitative estimate of drug-likeness (QED) is 0.430. The molecule has 5 aromatic rings. The molecular formula is C25H21N3O2. The van der Waals surface area contributed by atoms with Crippen molar-refractivity contribution in [2.45, 2.75) is 20.0 Å². The third kappa shape index (κ3) is 2.95. The Kier molecular flexibility index (Phi) is 4.56. The molecule has 0 aliphatic rings. The number of nitrogens with zero attached hydrogens (tertiary/aromatic N) is 2. The van der Waals surface area contributed by atoms with Crippen LogP contribution in [0.2, 0.25) is 0 Å². The van der Waals surface area contributed by atoms with Crippen LogP contribution in [0.4, 0.5) is 5.88 Å². The minimum absolute atomic E-state index is 0.0467. The summed E-state index contributed by atoms with van der Waals surface area (Å²) >= 11 is 0. The van der Waals surface area contributed by atoms with Crippen molar-refractivity contribution in [3.05, 3.63) is 95.0 Å². The number of para-hydroxylation sites is 1. The number of rotatable bonds is 5. The van der Waals surface area contributed by atoms with Gasteiger partial charge in [0.15, 0.2) is 5.58 Å². The van der Waals surface area contributed by atoms with Crippen LogP contribution in [-0.2, 0) is 13.1 Å². The molecule has 0 aliphatic carbocycles. The number of aryl methyl sites for hydroxylation is 1. The first-order chi connectivity index (χ1) is 14.8. The second-order valence-corrected chi connectivity index (χ2v) is 7.15. The molecule has 0 spiro atoms. The van der Waals surface area contributed by atoms with Crippen molar-refractivity contribution in [1.29, 1.82) is 0 Å². The van der Waals surface area contributed by atoms with Crippen LogP contribution in [0.1, 0.15) is 12.5 Å². The molecule has 0 fully saturated rings. The molecule has 0 saturated carbocycles. The summed E-state index contributed by atoms with van der Waals surface area (Å²) in [6.45, 7) is 3.17. The van der Waals surface area contributed by atoms with Gasteiger partial charge in [0.05, 0.1) is 16.5 Å². The molecule has 5 heteroatoms. The highest BCUT2D eigenvalue weighted by molar-refractivity contribution is 6.10. The van der Waals surface area contributed by atoms with E-state index >= 15 is 0 Å². The van der Waals surface area contributed by atoms with E-state index in [0.717, 1.165) is 27.6 Å². The normalized spacial score (nSPS) is 11.2. The van der Waals surface area contributed by atoms with Crippen molar-refractivity contribution in [1.82, 2.24) is 9.55 Å². The third-order valence-corrected chi connectivity index (χ3v) is 5.39. The zero-order valence-corrected chi connectivity index (χ0v) is 16.6. The number of pyridine rings is 2. The number of hydrogen-bond donors (Lipinski definition) is 1. The lowest BCUT2D eigenvalue weighted by Gasteiger charge is -2.09. The monoisotopic (exact) mass is 395 g/mol. The van der Waals surface area contributed by atoms with Gasteiger partial charge in [-0.05, 0) is 42.3 Å². The molecule has 0 amide bonds. The Balaban J connectivity index is 1.80. The lowest BCUT2D eigenvalue weighted by molar-refractivity contribution is 0.629. The van der Waals surface area contributed by atoms with Gasteiger partial charge >= 0.3 is 0 Å². The van der Waals surface area contributed by atoms with Gasteiger partial charge in [0.2, 0.25) is 5.88 Å². The van der Waals surface area contributed by atoms with E-state index in [1.165, 1.54) is 0 Å². The Labute approximate surface area is 173 Å². The van der Waals surface area contributed by atoms with Crippen LogP contribution in [0.5, 0.6) is 0 Å². The molecule has 0 atom stereocenters. The Morgan fingerprint density at radius 3 is 2.47 bits per heavy atom. The van der Waals surface area contributed by atoms with Crippen molar-refractivity contribution in [3.63, 3.8) is 0 Å². The Hall–Kier alpha value is -3.86. The van der Waals surface area contributed by atoms with Crippen molar-refractivity contribution in [2.75, 3.05) is 5.32 Å². The first-order valence-corrected chi connectivity index (χ1v) is 10.0. The van der Waals surface area contributed by atoms with E-state index in [4.69, 9.17) is 4.42 Å². The van der Waals surface area contributed by atoms with Crippen LogP contribution in [0.25, 0.3) is 33.0 Å². The van der Waals surface area contributed by atoms with Gasteiger partial charge < -0.3 is 14.3 Å². The maximum atomic E-state index is 13.5. The molecule has 0 bridgehead atoms. The second-order valence-electron chi connectivity index (χ2n) is 7.15. The summed E-state index contributed by atoms with van der Waals surface area (Å²) in [4.78, 5) is 17.6. The first-order valence-electron chi connectivity index (χ1n) is 10.0. The molecule has 3 aromatic heterocycles. The van der Waals surface area contributed by atoms with E-state index in [1.54, 1.807) is 17.0 Å². The molecule has 0 aliphatic heterocycles. The highest BCUT2D eigenvalue weighted by atomic mass is 16.4. The Morgan fingerprint density at radius 1 is 0.967 bits per heavy atom. The zero-order valence-electron chi connectivity index (χ0n) is 16.6. The molecule has 5 nitrogen and oxygen atoms in total. The fraction of sp³-hybridized carbons (Fsp3) is 0.120. The van der Waals surface area contributed by atoms with Crippen molar-refractivity contribution >= 4 is 27.8 Å². The molecular weight excluding hydrogens is 374 g/mol. The van der Waals surface area contributed by atoms with E-state index < -0.39 is 0 Å². The summed E-state index contributed by atoms with van der Waals surface area (Å²) in [5, 5.41) is 4.93. The third-order valence-electron chi connectivity index (χ3n) is 5.39. The highest BCUT2D eigenvalue weighted by Crippen LogP contribution is 2.39. The minimum Gasteiger partial charge on any atom is -0.439 e. The molecule has 2 aromatic carbocycles. The minimum atomic E-state index is -0.0467. The van der Waals surface area contributed by atoms with Crippen molar-refractivity contribution in [2.24, 2.45) is 0 Å². The van der Waals surface area contributed by atoms with Crippen LogP contribution < -0.4 is 10.9 Å². The van der Waals surface area contributed by atoms with Gasteiger partial charge in [-0.1, -0.05) is 42.5 Å². The summed E-state index contributed by atoms with van der Waals surface area (Å²) in [7, 11) is 0. The number of hydrogen-bond acceptors (Lipinski definition) is 4. The fourth-order valence-electron chi connectivity index (χ4n) is 3.98. The molecule has 5 rings (SSSR count). The Morgan fingerprint density at radius 2 is 1.70 bits per heavy atom. The molecule has 30 heavy (non-hydrogen) atoms. The SMILES string of the molecule is CCn1c(=O)c2c(-c3ccncc3)c(NCc3ccccc3)oc2c2ccccc21. The molecule has 148 valence electrons. The molecule has 0 unspecified atom stereocenters. The largest absolute Gasteiger partial charge is 0.439 e. The Bertz CT molecular complexity index is 1390. The van der Waals surface area contributed by atoms with Crippen LogP contribution >= 0.6 is 0 Å². The van der Waals surface area contributed by atoms with E-state index in [1.807, 2.05) is 61.5 Å². The van der Waals surface area contributed by atoms with Gasteiger partial charge in [-0.25, -0.2) is 0 Å². The number of nitrogens with one attached hydrogen (secondary N) is 1. The number of aromatic nitrogens is 2. The predicted molar refractivity (Wildman–Crippen MR) is 121 cm³/mol. The maximum absolute atomic E-state index is 13.5. The van der Waals surface area contributed by atoms with E-state index in [-0.39, 0.29) is 5.56 Å². The van der Waals surface area contributed by atoms with E-state index in [2.05, 4.69) is 22.4 Å². The molecule has 3 heterocycles. The van der Waals surface area contributed by atoms with Crippen molar-refractivity contribution in [3.8, 4) is 11.1 Å². The first kappa shape index (κ1) is 18.2. The number of benzene rings is 2. The fourth-order valence-corrected chi connectivity index (χ4v) is 3.98. The van der Waals surface area contributed by atoms with Crippen molar-refractivity contribution < 1.29 is 4.42 Å². The summed E-state index contributed by atoms with van der Waals surface area (Å²) < 4.78 is 8.13. The lowest BCUT2D eigenvalue weighted by atomic mass is 10.0.